The number of aliphatic hydroxyl groups is 1. The number of carbonyl (C=O) groups excluding carboxylic acids is 2. The minimum Gasteiger partial charge on any atom is -0.469 e. The highest BCUT2D eigenvalue weighted by Gasteiger charge is 2.37. The molecule has 2 atom stereocenters. The second-order valence-corrected chi connectivity index (χ2v) is 7.71. The van der Waals surface area contributed by atoms with E-state index in [1.54, 1.807) is 6.92 Å². The van der Waals surface area contributed by atoms with E-state index < -0.39 is 29.9 Å². The van der Waals surface area contributed by atoms with Gasteiger partial charge in [-0.25, -0.2) is 0 Å². The van der Waals surface area contributed by atoms with Crippen LogP contribution in [0.5, 0.6) is 0 Å². The zero-order valence-electron chi connectivity index (χ0n) is 17.5. The molecule has 3 aromatic rings. The van der Waals surface area contributed by atoms with Crippen LogP contribution in [0.1, 0.15) is 29.4 Å². The topological polar surface area (TPSA) is 117 Å². The third kappa shape index (κ3) is 5.55. The number of aliphatic hydroxyl groups excluding tert-OH is 1. The Hall–Kier alpha value is -3.52. The number of hydrogen-bond donors (Lipinski definition) is 3. The van der Waals surface area contributed by atoms with Crippen LogP contribution in [-0.2, 0) is 16.0 Å². The molecule has 1 amide bonds. The zero-order chi connectivity index (χ0) is 22.3. The SMILES string of the molecule is COC(=O)[C@](C)(CO)C[C@@H](Cc1ccc(-c2ccccc2)cc1)NC(=O)c1cn[nH]n1. The van der Waals surface area contributed by atoms with Gasteiger partial charge in [0.15, 0.2) is 5.69 Å². The Labute approximate surface area is 180 Å². The van der Waals surface area contributed by atoms with E-state index in [0.29, 0.717) is 6.42 Å². The predicted molar refractivity (Wildman–Crippen MR) is 115 cm³/mol. The van der Waals surface area contributed by atoms with Gasteiger partial charge in [-0.2, -0.15) is 15.4 Å². The van der Waals surface area contributed by atoms with Crippen molar-refractivity contribution in [2.75, 3.05) is 13.7 Å². The van der Waals surface area contributed by atoms with Gasteiger partial charge in [0.05, 0.1) is 25.3 Å². The van der Waals surface area contributed by atoms with Crippen LogP contribution in [0.15, 0.2) is 60.8 Å². The lowest BCUT2D eigenvalue weighted by molar-refractivity contribution is -0.155. The van der Waals surface area contributed by atoms with Gasteiger partial charge in [0.2, 0.25) is 0 Å². The van der Waals surface area contributed by atoms with Crippen molar-refractivity contribution in [3.63, 3.8) is 0 Å². The summed E-state index contributed by atoms with van der Waals surface area (Å²) in [6.45, 7) is 1.22. The molecule has 0 aliphatic heterocycles. The second-order valence-electron chi connectivity index (χ2n) is 7.71. The molecule has 1 heterocycles. The summed E-state index contributed by atoms with van der Waals surface area (Å²) in [6, 6.07) is 17.6. The van der Waals surface area contributed by atoms with Gasteiger partial charge in [-0.05, 0) is 36.5 Å². The lowest BCUT2D eigenvalue weighted by Crippen LogP contribution is -2.44. The molecule has 0 aliphatic rings. The van der Waals surface area contributed by atoms with Crippen molar-refractivity contribution < 1.29 is 19.4 Å². The molecule has 0 fully saturated rings. The third-order valence-electron chi connectivity index (χ3n) is 5.25. The molecule has 3 N–H and O–H groups in total. The van der Waals surface area contributed by atoms with Crippen molar-refractivity contribution in [3.8, 4) is 11.1 Å². The molecule has 0 bridgehead atoms. The Kier molecular flexibility index (Phi) is 7.15. The number of amides is 1. The van der Waals surface area contributed by atoms with Crippen LogP contribution >= 0.6 is 0 Å². The molecule has 0 unspecified atom stereocenters. The number of H-pyrrole nitrogens is 1. The molecular formula is C23H26N4O4. The number of benzene rings is 2. The maximum atomic E-state index is 12.5. The summed E-state index contributed by atoms with van der Waals surface area (Å²) in [5, 5.41) is 22.6. The number of carbonyl (C=O) groups is 2. The number of esters is 1. The van der Waals surface area contributed by atoms with Crippen molar-refractivity contribution in [2.24, 2.45) is 5.41 Å². The summed E-state index contributed by atoms with van der Waals surface area (Å²) in [6.07, 6.45) is 1.98. The first kappa shape index (κ1) is 22.2. The summed E-state index contributed by atoms with van der Waals surface area (Å²) < 4.78 is 4.86. The highest BCUT2D eigenvalue weighted by atomic mass is 16.5. The summed E-state index contributed by atoms with van der Waals surface area (Å²) in [5.41, 5.74) is 2.18. The number of aromatic amines is 1. The Morgan fingerprint density at radius 2 is 1.81 bits per heavy atom. The molecule has 162 valence electrons. The van der Waals surface area contributed by atoms with E-state index in [1.807, 2.05) is 54.6 Å². The Morgan fingerprint density at radius 1 is 1.13 bits per heavy atom. The number of nitrogens with one attached hydrogen (secondary N) is 2. The first-order valence-corrected chi connectivity index (χ1v) is 9.95. The number of methoxy groups -OCH3 is 1. The number of hydrogen-bond acceptors (Lipinski definition) is 6. The molecule has 8 heteroatoms. The Balaban J connectivity index is 1.80. The van der Waals surface area contributed by atoms with Crippen LogP contribution in [0.25, 0.3) is 11.1 Å². The maximum Gasteiger partial charge on any atom is 0.313 e. The number of ether oxygens (including phenoxy) is 1. The highest BCUT2D eigenvalue weighted by Crippen LogP contribution is 2.27. The fourth-order valence-corrected chi connectivity index (χ4v) is 3.50. The Bertz CT molecular complexity index is 990. The van der Waals surface area contributed by atoms with Gasteiger partial charge in [0.1, 0.15) is 0 Å². The van der Waals surface area contributed by atoms with Crippen molar-refractivity contribution in [1.82, 2.24) is 20.7 Å². The fraction of sp³-hybridized carbons (Fsp3) is 0.304. The first-order chi connectivity index (χ1) is 14.9. The number of nitrogens with zero attached hydrogens (tertiary/aromatic N) is 2. The minimum atomic E-state index is -1.15. The lowest BCUT2D eigenvalue weighted by Gasteiger charge is -2.29. The van der Waals surface area contributed by atoms with E-state index in [2.05, 4.69) is 20.7 Å². The van der Waals surface area contributed by atoms with Crippen molar-refractivity contribution in [2.45, 2.75) is 25.8 Å². The zero-order valence-corrected chi connectivity index (χ0v) is 17.5. The molecule has 0 radical (unpaired) electrons. The molecule has 0 aliphatic carbocycles. The minimum absolute atomic E-state index is 0.146. The average Bonchev–Trinajstić information content (AvgIpc) is 3.34. The third-order valence-corrected chi connectivity index (χ3v) is 5.25. The van der Waals surface area contributed by atoms with Gasteiger partial charge in [-0.1, -0.05) is 54.6 Å². The maximum absolute atomic E-state index is 12.5. The summed E-state index contributed by atoms with van der Waals surface area (Å²) >= 11 is 0. The molecular weight excluding hydrogens is 396 g/mol. The monoisotopic (exact) mass is 422 g/mol. The van der Waals surface area contributed by atoms with E-state index in [9.17, 15) is 14.7 Å². The van der Waals surface area contributed by atoms with Crippen LogP contribution in [0.3, 0.4) is 0 Å². The van der Waals surface area contributed by atoms with E-state index in [4.69, 9.17) is 4.74 Å². The van der Waals surface area contributed by atoms with Crippen LogP contribution in [0.2, 0.25) is 0 Å². The van der Waals surface area contributed by atoms with Gasteiger partial charge < -0.3 is 15.2 Å². The van der Waals surface area contributed by atoms with Gasteiger partial charge >= 0.3 is 5.97 Å². The number of rotatable bonds is 9. The fourth-order valence-electron chi connectivity index (χ4n) is 3.50. The quantitative estimate of drug-likeness (QED) is 0.456. The molecule has 0 saturated carbocycles. The molecule has 1 aromatic heterocycles. The summed E-state index contributed by atoms with van der Waals surface area (Å²) in [5.74, 6) is -0.945. The molecule has 0 spiro atoms. The van der Waals surface area contributed by atoms with E-state index in [0.717, 1.165) is 16.7 Å². The lowest BCUT2D eigenvalue weighted by atomic mass is 9.82. The van der Waals surface area contributed by atoms with Gasteiger partial charge in [0.25, 0.3) is 5.91 Å². The first-order valence-electron chi connectivity index (χ1n) is 9.95. The highest BCUT2D eigenvalue weighted by molar-refractivity contribution is 5.92. The average molecular weight is 422 g/mol. The van der Waals surface area contributed by atoms with Gasteiger partial charge in [-0.15, -0.1) is 0 Å². The van der Waals surface area contributed by atoms with Crippen LogP contribution in [0, 0.1) is 5.41 Å². The largest absolute Gasteiger partial charge is 0.469 e. The molecule has 31 heavy (non-hydrogen) atoms. The predicted octanol–water partition coefficient (Wildman–Crippen LogP) is 2.37. The summed E-state index contributed by atoms with van der Waals surface area (Å²) in [4.78, 5) is 24.8. The molecule has 2 aromatic carbocycles. The van der Waals surface area contributed by atoms with Crippen molar-refractivity contribution in [1.29, 1.82) is 0 Å². The number of aromatic nitrogens is 3. The second kappa shape index (κ2) is 9.99. The van der Waals surface area contributed by atoms with Crippen molar-refractivity contribution in [3.05, 3.63) is 72.1 Å². The van der Waals surface area contributed by atoms with E-state index in [1.165, 1.54) is 13.3 Å². The standard InChI is InChI=1S/C23H26N4O4/c1-23(15-28,22(30)31-2)13-19(25-21(29)20-14-24-27-26-20)12-16-8-10-18(11-9-16)17-6-4-3-5-7-17/h3-11,14,19,28H,12-13,15H2,1-2H3,(H,25,29)(H,24,26,27)/t19-,23+/m1/s1. The van der Waals surface area contributed by atoms with E-state index >= 15 is 0 Å². The summed E-state index contributed by atoms with van der Waals surface area (Å²) in [7, 11) is 1.28. The smallest absolute Gasteiger partial charge is 0.313 e. The van der Waals surface area contributed by atoms with Crippen LogP contribution < -0.4 is 5.32 Å². The Morgan fingerprint density at radius 3 is 2.39 bits per heavy atom. The van der Waals surface area contributed by atoms with E-state index in [-0.39, 0.29) is 12.1 Å². The van der Waals surface area contributed by atoms with Gasteiger partial charge in [-0.3, -0.25) is 9.59 Å². The van der Waals surface area contributed by atoms with Crippen LogP contribution in [-0.4, -0.2) is 52.2 Å². The molecule has 3 rings (SSSR count). The van der Waals surface area contributed by atoms with Gasteiger partial charge in [0, 0.05) is 6.04 Å². The molecule has 0 saturated heterocycles. The van der Waals surface area contributed by atoms with Crippen molar-refractivity contribution >= 4 is 11.9 Å². The normalized spacial score (nSPS) is 13.8. The van der Waals surface area contributed by atoms with Crippen LogP contribution in [0.4, 0.5) is 0 Å². The molecule has 8 nitrogen and oxygen atoms in total.